The van der Waals surface area contributed by atoms with Gasteiger partial charge in [0.25, 0.3) is 0 Å². The monoisotopic (exact) mass is 361 g/mol. The fourth-order valence-corrected chi connectivity index (χ4v) is 1.46. The zero-order valence-corrected chi connectivity index (χ0v) is 12.8. The average Bonchev–Trinajstić information content (AvgIpc) is 2.14. The summed E-state index contributed by atoms with van der Waals surface area (Å²) in [5.74, 6) is 0.480. The van der Waals surface area contributed by atoms with E-state index in [0.717, 1.165) is 5.57 Å². The normalized spacial score (nSPS) is 11.8. The molecule has 0 rings (SSSR count). The highest BCUT2D eigenvalue weighted by atomic mass is 127. The first-order valence-electron chi connectivity index (χ1n) is 4.76. The number of hydrogen-bond donors (Lipinski definition) is 2. The highest BCUT2D eigenvalue weighted by Crippen LogP contribution is 1.88. The van der Waals surface area contributed by atoms with E-state index in [2.05, 4.69) is 16.9 Å². The van der Waals surface area contributed by atoms with Crippen LogP contribution in [-0.2, 0) is 9.84 Å². The van der Waals surface area contributed by atoms with Crippen LogP contribution in [0.25, 0.3) is 0 Å². The Balaban J connectivity index is 0. The van der Waals surface area contributed by atoms with Crippen molar-refractivity contribution in [3.63, 3.8) is 0 Å². The third-order valence-corrected chi connectivity index (χ3v) is 3.38. The minimum absolute atomic E-state index is 0. The van der Waals surface area contributed by atoms with E-state index in [9.17, 15) is 8.42 Å². The number of guanidine groups is 1. The van der Waals surface area contributed by atoms with Crippen molar-refractivity contribution < 1.29 is 8.42 Å². The number of nitrogens with zero attached hydrogens (tertiary/aromatic N) is 1. The first kappa shape index (κ1) is 18.1. The number of sulfone groups is 1. The van der Waals surface area contributed by atoms with E-state index in [0.29, 0.717) is 13.1 Å². The number of nitrogens with two attached hydrogens (primary N) is 1. The molecule has 5 nitrogen and oxygen atoms in total. The molecule has 0 saturated carbocycles. The Hall–Kier alpha value is -0.310. The summed E-state index contributed by atoms with van der Waals surface area (Å²) in [6.45, 7) is 7.89. The molecule has 0 aliphatic heterocycles. The summed E-state index contributed by atoms with van der Waals surface area (Å²) in [6.07, 6.45) is 0. The van der Waals surface area contributed by atoms with Crippen molar-refractivity contribution in [2.75, 3.05) is 24.6 Å². The summed E-state index contributed by atoms with van der Waals surface area (Å²) < 4.78 is 22.2. The average molecular weight is 361 g/mol. The topological polar surface area (TPSA) is 84.5 Å². The van der Waals surface area contributed by atoms with Gasteiger partial charge in [0.15, 0.2) is 15.8 Å². The summed E-state index contributed by atoms with van der Waals surface area (Å²) in [5, 5.41) is 2.74. The molecule has 0 aliphatic carbocycles. The zero-order valence-electron chi connectivity index (χ0n) is 9.69. The van der Waals surface area contributed by atoms with Gasteiger partial charge in [0.2, 0.25) is 0 Å². The van der Waals surface area contributed by atoms with Gasteiger partial charge in [0.1, 0.15) is 0 Å². The Morgan fingerprint density at radius 2 is 2.06 bits per heavy atom. The first-order chi connectivity index (χ1) is 6.87. The van der Waals surface area contributed by atoms with Gasteiger partial charge in [-0.3, -0.25) is 0 Å². The molecular weight excluding hydrogens is 341 g/mol. The number of hydrogen-bond acceptors (Lipinski definition) is 3. The van der Waals surface area contributed by atoms with Gasteiger partial charge in [-0.15, -0.1) is 24.0 Å². The molecule has 0 bridgehead atoms. The number of nitrogens with one attached hydrogen (secondary N) is 1. The van der Waals surface area contributed by atoms with Crippen molar-refractivity contribution in [3.8, 4) is 0 Å². The van der Waals surface area contributed by atoms with Gasteiger partial charge >= 0.3 is 0 Å². The summed E-state index contributed by atoms with van der Waals surface area (Å²) >= 11 is 0. The van der Waals surface area contributed by atoms with E-state index >= 15 is 0 Å². The number of aliphatic imine (C=N–C) groups is 1. The smallest absolute Gasteiger partial charge is 0.188 e. The molecule has 0 amide bonds. The fourth-order valence-electron chi connectivity index (χ4n) is 0.755. The molecule has 3 N–H and O–H groups in total. The van der Waals surface area contributed by atoms with Crippen LogP contribution in [0, 0.1) is 0 Å². The van der Waals surface area contributed by atoms with Gasteiger partial charge in [-0.25, -0.2) is 13.4 Å². The third-order valence-electron chi connectivity index (χ3n) is 1.68. The van der Waals surface area contributed by atoms with Crippen LogP contribution in [0.1, 0.15) is 13.8 Å². The van der Waals surface area contributed by atoms with E-state index in [1.807, 2.05) is 6.92 Å². The molecule has 0 heterocycles. The minimum Gasteiger partial charge on any atom is -0.370 e. The van der Waals surface area contributed by atoms with Gasteiger partial charge < -0.3 is 11.1 Å². The molecule has 0 radical (unpaired) electrons. The largest absolute Gasteiger partial charge is 0.370 e. The van der Waals surface area contributed by atoms with E-state index < -0.39 is 9.84 Å². The third kappa shape index (κ3) is 10.2. The fraction of sp³-hybridized carbons (Fsp3) is 0.667. The predicted molar refractivity (Wildman–Crippen MR) is 79.0 cm³/mol. The summed E-state index contributed by atoms with van der Waals surface area (Å²) in [4.78, 5) is 3.96. The molecule has 0 aromatic rings. The second-order valence-electron chi connectivity index (χ2n) is 3.32. The van der Waals surface area contributed by atoms with Crippen LogP contribution in [0.5, 0.6) is 0 Å². The van der Waals surface area contributed by atoms with Crippen molar-refractivity contribution in [2.45, 2.75) is 13.8 Å². The van der Waals surface area contributed by atoms with Gasteiger partial charge in [0, 0.05) is 12.3 Å². The molecular formula is C9H20IN3O2S. The lowest BCUT2D eigenvalue weighted by Gasteiger charge is -2.05. The van der Waals surface area contributed by atoms with Crippen molar-refractivity contribution in [1.82, 2.24) is 5.32 Å². The molecule has 96 valence electrons. The van der Waals surface area contributed by atoms with Crippen LogP contribution in [0.2, 0.25) is 0 Å². The highest BCUT2D eigenvalue weighted by Gasteiger charge is 2.06. The zero-order chi connectivity index (χ0) is 11.9. The Bertz CT molecular complexity index is 339. The Kier molecular flexibility index (Phi) is 9.93. The van der Waals surface area contributed by atoms with Crippen molar-refractivity contribution in [2.24, 2.45) is 10.7 Å². The van der Waals surface area contributed by atoms with Gasteiger partial charge in [-0.2, -0.15) is 0 Å². The number of rotatable bonds is 6. The van der Waals surface area contributed by atoms with Crippen molar-refractivity contribution in [3.05, 3.63) is 12.2 Å². The maximum Gasteiger partial charge on any atom is 0.188 e. The maximum atomic E-state index is 11.1. The molecule has 16 heavy (non-hydrogen) atoms. The van der Waals surface area contributed by atoms with Gasteiger partial charge in [0.05, 0.1) is 12.3 Å². The van der Waals surface area contributed by atoms with E-state index in [4.69, 9.17) is 5.73 Å². The second-order valence-corrected chi connectivity index (χ2v) is 5.79. The summed E-state index contributed by atoms with van der Waals surface area (Å²) in [7, 11) is -2.94. The minimum atomic E-state index is -2.94. The highest BCUT2D eigenvalue weighted by molar-refractivity contribution is 14.0. The van der Waals surface area contributed by atoms with Crippen LogP contribution in [0.4, 0.5) is 0 Å². The summed E-state index contributed by atoms with van der Waals surface area (Å²) in [5.41, 5.74) is 6.40. The first-order valence-corrected chi connectivity index (χ1v) is 6.58. The van der Waals surface area contributed by atoms with E-state index in [1.165, 1.54) is 0 Å². The Labute approximate surface area is 115 Å². The lowest BCUT2D eigenvalue weighted by molar-refractivity contribution is 0.596. The lowest BCUT2D eigenvalue weighted by atomic mass is 10.4. The van der Waals surface area contributed by atoms with E-state index in [-0.39, 0.29) is 41.4 Å². The molecule has 7 heteroatoms. The van der Waals surface area contributed by atoms with E-state index in [1.54, 1.807) is 6.92 Å². The molecule has 0 aromatic heterocycles. The van der Waals surface area contributed by atoms with Crippen LogP contribution < -0.4 is 11.1 Å². The predicted octanol–water partition coefficient (Wildman–Crippen LogP) is 0.519. The second kappa shape index (κ2) is 8.80. The Morgan fingerprint density at radius 3 is 2.50 bits per heavy atom. The standard InChI is InChI=1S/C9H19N3O2S.HI/c1-4-15(13,14)6-5-11-9(10)12-7-8(2)3;/h2,4-7H2,1,3H3,(H3,10,11,12);1H. The molecule has 0 fully saturated rings. The Morgan fingerprint density at radius 1 is 1.50 bits per heavy atom. The molecule has 0 unspecified atom stereocenters. The van der Waals surface area contributed by atoms with Gasteiger partial charge in [-0.1, -0.05) is 19.1 Å². The maximum absolute atomic E-state index is 11.1. The van der Waals surface area contributed by atoms with Crippen molar-refractivity contribution >= 4 is 39.8 Å². The molecule has 0 saturated heterocycles. The summed E-state index contributed by atoms with van der Waals surface area (Å²) in [6, 6.07) is 0. The molecule has 0 atom stereocenters. The van der Waals surface area contributed by atoms with Crippen LogP contribution in [-0.4, -0.2) is 39.0 Å². The quantitative estimate of drug-likeness (QED) is 0.313. The molecule has 0 aromatic carbocycles. The lowest BCUT2D eigenvalue weighted by Crippen LogP contribution is -2.35. The molecule has 0 aliphatic rings. The van der Waals surface area contributed by atoms with Crippen molar-refractivity contribution in [1.29, 1.82) is 0 Å². The molecule has 0 spiro atoms. The van der Waals surface area contributed by atoms with Gasteiger partial charge in [-0.05, 0) is 6.92 Å². The SMILES string of the molecule is C=C(C)CN=C(N)NCCS(=O)(=O)CC.I. The van der Waals surface area contributed by atoms with Crippen LogP contribution in [0.15, 0.2) is 17.1 Å². The van der Waals surface area contributed by atoms with Crippen LogP contribution in [0.3, 0.4) is 0 Å². The number of halogens is 1. The van der Waals surface area contributed by atoms with Crippen LogP contribution >= 0.6 is 24.0 Å².